The van der Waals surface area contributed by atoms with Crippen LogP contribution in [0.1, 0.15) is 24.1 Å². The molecule has 0 radical (unpaired) electrons. The Bertz CT molecular complexity index is 791. The van der Waals surface area contributed by atoms with Gasteiger partial charge in [0, 0.05) is 32.7 Å². The highest BCUT2D eigenvalue weighted by atomic mass is 16.5. The second-order valence-corrected chi connectivity index (χ2v) is 7.88. The van der Waals surface area contributed by atoms with E-state index < -0.39 is 6.10 Å². The van der Waals surface area contributed by atoms with E-state index in [1.54, 1.807) is 14.0 Å². The number of hydrogen-bond acceptors (Lipinski definition) is 5. The zero-order chi connectivity index (χ0) is 21.3. The van der Waals surface area contributed by atoms with Gasteiger partial charge in [-0.25, -0.2) is 0 Å². The van der Waals surface area contributed by atoms with Crippen molar-refractivity contribution < 1.29 is 14.3 Å². The van der Waals surface area contributed by atoms with Gasteiger partial charge < -0.3 is 19.7 Å². The van der Waals surface area contributed by atoms with Crippen LogP contribution in [0.3, 0.4) is 0 Å². The molecule has 2 atom stereocenters. The molecule has 1 aliphatic rings. The van der Waals surface area contributed by atoms with E-state index in [2.05, 4.69) is 34.3 Å². The Morgan fingerprint density at radius 2 is 1.80 bits per heavy atom. The summed E-state index contributed by atoms with van der Waals surface area (Å²) < 4.78 is 11.1. The maximum atomic E-state index is 12.9. The molecule has 1 saturated heterocycles. The third kappa shape index (κ3) is 6.55. The number of amides is 1. The van der Waals surface area contributed by atoms with E-state index in [0.717, 1.165) is 49.6 Å². The monoisotopic (exact) mass is 411 g/mol. The number of hydrogen-bond donors (Lipinski definition) is 1. The molecule has 2 aromatic carbocycles. The van der Waals surface area contributed by atoms with Gasteiger partial charge in [-0.2, -0.15) is 0 Å². The molecule has 2 aromatic rings. The first-order valence-corrected chi connectivity index (χ1v) is 10.6. The minimum atomic E-state index is -0.546. The minimum Gasteiger partial charge on any atom is -0.497 e. The molecule has 162 valence electrons. The molecule has 1 aliphatic heterocycles. The van der Waals surface area contributed by atoms with Crippen molar-refractivity contribution in [3.63, 3.8) is 0 Å². The molecule has 2 unspecified atom stereocenters. The number of methoxy groups -OCH3 is 1. The van der Waals surface area contributed by atoms with Crippen molar-refractivity contribution in [3.05, 3.63) is 65.7 Å². The molecule has 6 nitrogen and oxygen atoms in total. The van der Waals surface area contributed by atoms with Crippen LogP contribution < -0.4 is 10.1 Å². The fourth-order valence-corrected chi connectivity index (χ4v) is 3.56. The number of piperazine rings is 1. The van der Waals surface area contributed by atoms with Crippen LogP contribution in [0.5, 0.6) is 5.75 Å². The molecule has 1 fully saturated rings. The van der Waals surface area contributed by atoms with E-state index >= 15 is 0 Å². The van der Waals surface area contributed by atoms with E-state index in [-0.39, 0.29) is 11.9 Å². The first-order chi connectivity index (χ1) is 14.5. The van der Waals surface area contributed by atoms with Crippen molar-refractivity contribution in [2.75, 3.05) is 46.9 Å². The lowest BCUT2D eigenvalue weighted by Gasteiger charge is -2.35. The summed E-state index contributed by atoms with van der Waals surface area (Å²) in [4.78, 5) is 17.6. The first-order valence-electron chi connectivity index (χ1n) is 10.6. The molecule has 1 N–H and O–H groups in total. The molecule has 0 spiro atoms. The van der Waals surface area contributed by atoms with Gasteiger partial charge in [0.05, 0.1) is 19.8 Å². The van der Waals surface area contributed by atoms with E-state index in [9.17, 15) is 4.79 Å². The van der Waals surface area contributed by atoms with Crippen LogP contribution >= 0.6 is 0 Å². The SMILES string of the molecule is COc1cccc(COC(C)C(=O)NC(CN2CCN(C)CC2)c2ccccc2)c1. The number of carbonyl (C=O) groups excluding carboxylic acids is 1. The average Bonchev–Trinajstić information content (AvgIpc) is 2.79. The van der Waals surface area contributed by atoms with Crippen molar-refractivity contribution in [1.29, 1.82) is 0 Å². The summed E-state index contributed by atoms with van der Waals surface area (Å²) in [6, 6.07) is 17.8. The van der Waals surface area contributed by atoms with Crippen LogP contribution in [0.2, 0.25) is 0 Å². The van der Waals surface area contributed by atoms with Gasteiger partial charge in [0.25, 0.3) is 0 Å². The molecule has 1 heterocycles. The van der Waals surface area contributed by atoms with Crippen molar-refractivity contribution in [2.24, 2.45) is 0 Å². The van der Waals surface area contributed by atoms with Crippen LogP contribution in [-0.2, 0) is 16.1 Å². The minimum absolute atomic E-state index is 0.0648. The summed E-state index contributed by atoms with van der Waals surface area (Å²) in [5.74, 6) is 0.686. The molecular weight excluding hydrogens is 378 g/mol. The van der Waals surface area contributed by atoms with E-state index in [1.807, 2.05) is 42.5 Å². The number of rotatable bonds is 9. The van der Waals surface area contributed by atoms with Gasteiger partial charge >= 0.3 is 0 Å². The van der Waals surface area contributed by atoms with Gasteiger partial charge in [0.15, 0.2) is 0 Å². The summed E-state index contributed by atoms with van der Waals surface area (Å²) >= 11 is 0. The van der Waals surface area contributed by atoms with Crippen LogP contribution in [0.25, 0.3) is 0 Å². The van der Waals surface area contributed by atoms with Gasteiger partial charge in [-0.1, -0.05) is 42.5 Å². The number of nitrogens with one attached hydrogen (secondary N) is 1. The summed E-state index contributed by atoms with van der Waals surface area (Å²) in [7, 11) is 3.79. The topological polar surface area (TPSA) is 54.0 Å². The molecule has 0 saturated carbocycles. The summed E-state index contributed by atoms with van der Waals surface area (Å²) in [5.41, 5.74) is 2.09. The fraction of sp³-hybridized carbons (Fsp3) is 0.458. The molecule has 6 heteroatoms. The second-order valence-electron chi connectivity index (χ2n) is 7.88. The summed E-state index contributed by atoms with van der Waals surface area (Å²) in [5, 5.41) is 3.21. The number of benzene rings is 2. The molecular formula is C24H33N3O3. The van der Waals surface area contributed by atoms with Gasteiger partial charge in [0.2, 0.25) is 5.91 Å². The molecule has 30 heavy (non-hydrogen) atoms. The summed E-state index contributed by atoms with van der Waals surface area (Å²) in [6.45, 7) is 7.08. The molecule has 1 amide bonds. The van der Waals surface area contributed by atoms with Crippen LogP contribution in [0, 0.1) is 0 Å². The van der Waals surface area contributed by atoms with E-state index in [0.29, 0.717) is 6.61 Å². The van der Waals surface area contributed by atoms with E-state index in [4.69, 9.17) is 9.47 Å². The number of carbonyl (C=O) groups is 1. The highest BCUT2D eigenvalue weighted by Gasteiger charge is 2.23. The van der Waals surface area contributed by atoms with Gasteiger partial charge in [0.1, 0.15) is 11.9 Å². The Balaban J connectivity index is 1.59. The fourth-order valence-electron chi connectivity index (χ4n) is 3.56. The number of likely N-dealkylation sites (N-methyl/N-ethyl adjacent to an activating group) is 1. The predicted octanol–water partition coefficient (Wildman–Crippen LogP) is 2.71. The molecule has 3 rings (SSSR count). The van der Waals surface area contributed by atoms with Gasteiger partial charge in [-0.15, -0.1) is 0 Å². The summed E-state index contributed by atoms with van der Waals surface area (Å²) in [6.07, 6.45) is -0.546. The Morgan fingerprint density at radius 1 is 1.07 bits per heavy atom. The van der Waals surface area contributed by atoms with Crippen LogP contribution in [0.4, 0.5) is 0 Å². The maximum Gasteiger partial charge on any atom is 0.249 e. The lowest BCUT2D eigenvalue weighted by molar-refractivity contribution is -0.133. The van der Waals surface area contributed by atoms with E-state index in [1.165, 1.54) is 0 Å². The average molecular weight is 412 g/mol. The largest absolute Gasteiger partial charge is 0.497 e. The molecule has 0 aromatic heterocycles. The zero-order valence-corrected chi connectivity index (χ0v) is 18.2. The van der Waals surface area contributed by atoms with Crippen molar-refractivity contribution in [2.45, 2.75) is 25.7 Å². The quantitative estimate of drug-likeness (QED) is 0.688. The van der Waals surface area contributed by atoms with Gasteiger partial charge in [-0.05, 0) is 37.2 Å². The highest BCUT2D eigenvalue weighted by Crippen LogP contribution is 2.17. The Hall–Kier alpha value is -2.41. The zero-order valence-electron chi connectivity index (χ0n) is 18.2. The molecule has 0 bridgehead atoms. The third-order valence-electron chi connectivity index (χ3n) is 5.56. The Kier molecular flexibility index (Phi) is 8.25. The van der Waals surface area contributed by atoms with Crippen molar-refractivity contribution in [3.8, 4) is 5.75 Å². The lowest BCUT2D eigenvalue weighted by Crippen LogP contribution is -2.48. The first kappa shape index (κ1) is 22.3. The van der Waals surface area contributed by atoms with Crippen molar-refractivity contribution >= 4 is 5.91 Å². The molecule has 0 aliphatic carbocycles. The Labute approximate surface area is 179 Å². The van der Waals surface area contributed by atoms with Crippen LogP contribution in [-0.4, -0.2) is 68.7 Å². The van der Waals surface area contributed by atoms with Gasteiger partial charge in [-0.3, -0.25) is 9.69 Å². The van der Waals surface area contributed by atoms with Crippen molar-refractivity contribution in [1.82, 2.24) is 15.1 Å². The lowest BCUT2D eigenvalue weighted by atomic mass is 10.1. The number of nitrogens with zero attached hydrogens (tertiary/aromatic N) is 2. The Morgan fingerprint density at radius 3 is 2.50 bits per heavy atom. The predicted molar refractivity (Wildman–Crippen MR) is 119 cm³/mol. The van der Waals surface area contributed by atoms with Crippen LogP contribution in [0.15, 0.2) is 54.6 Å². The highest BCUT2D eigenvalue weighted by molar-refractivity contribution is 5.80. The maximum absolute atomic E-state index is 12.9. The standard InChI is InChI=1S/C24H33N3O3/c1-19(30-18-20-8-7-11-22(16-20)29-3)24(28)25-23(21-9-5-4-6-10-21)17-27-14-12-26(2)13-15-27/h4-11,16,19,23H,12-15,17-18H2,1-3H3,(H,25,28). The normalized spacial score (nSPS) is 17.3. The smallest absolute Gasteiger partial charge is 0.249 e. The third-order valence-corrected chi connectivity index (χ3v) is 5.56. The number of ether oxygens (including phenoxy) is 2. The second kappa shape index (κ2) is 11.1.